The van der Waals surface area contributed by atoms with Crippen LogP contribution in [0.1, 0.15) is 18.5 Å². The molecule has 4 rings (SSSR count). The van der Waals surface area contributed by atoms with Crippen LogP contribution in [0, 0.1) is 23.7 Å². The zero-order valence-corrected chi connectivity index (χ0v) is 12.1. The molecule has 3 aliphatic carbocycles. The Labute approximate surface area is 125 Å². The van der Waals surface area contributed by atoms with E-state index in [0.717, 1.165) is 11.1 Å². The van der Waals surface area contributed by atoms with Crippen LogP contribution < -0.4 is 5.32 Å². The molecule has 0 aromatic heterocycles. The number of nitrogens with one attached hydrogen (secondary N) is 1. The normalized spacial score (nSPS) is 32.9. The van der Waals surface area contributed by atoms with Gasteiger partial charge in [-0.1, -0.05) is 60.7 Å². The van der Waals surface area contributed by atoms with Gasteiger partial charge in [0.2, 0.25) is 5.91 Å². The van der Waals surface area contributed by atoms with Crippen LogP contribution in [0.15, 0.2) is 66.3 Å². The zero-order valence-electron chi connectivity index (χ0n) is 12.1. The molecule has 1 amide bonds. The lowest BCUT2D eigenvalue weighted by atomic mass is 9.87. The molecule has 3 aliphatic rings. The second kappa shape index (κ2) is 4.73. The van der Waals surface area contributed by atoms with Crippen LogP contribution in [0.3, 0.4) is 0 Å². The lowest BCUT2D eigenvalue weighted by Crippen LogP contribution is -2.30. The van der Waals surface area contributed by atoms with E-state index < -0.39 is 0 Å². The summed E-state index contributed by atoms with van der Waals surface area (Å²) in [4.78, 5) is 12.6. The molecule has 0 heterocycles. The van der Waals surface area contributed by atoms with E-state index in [4.69, 9.17) is 0 Å². The molecule has 106 valence electrons. The van der Waals surface area contributed by atoms with Crippen LogP contribution >= 0.6 is 0 Å². The number of benzene rings is 1. The van der Waals surface area contributed by atoms with Crippen molar-refractivity contribution in [3.63, 3.8) is 0 Å². The maximum absolute atomic E-state index is 12.6. The quantitative estimate of drug-likeness (QED) is 0.843. The molecule has 0 unspecified atom stereocenters. The first kappa shape index (κ1) is 12.6. The Bertz CT molecular complexity index is 655. The number of carbonyl (C=O) groups is 1. The van der Waals surface area contributed by atoms with E-state index >= 15 is 0 Å². The summed E-state index contributed by atoms with van der Waals surface area (Å²) in [6.45, 7) is 2.04. The molecule has 0 spiro atoms. The summed E-state index contributed by atoms with van der Waals surface area (Å²) in [6, 6.07) is 10.2. The molecule has 1 aromatic carbocycles. The molecule has 0 radical (unpaired) electrons. The number of carbonyl (C=O) groups excluding carboxylic acids is 1. The third-order valence-electron chi connectivity index (χ3n) is 5.04. The summed E-state index contributed by atoms with van der Waals surface area (Å²) in [5.41, 5.74) is 2.10. The molecule has 1 aromatic rings. The van der Waals surface area contributed by atoms with Gasteiger partial charge < -0.3 is 5.32 Å². The van der Waals surface area contributed by atoms with Gasteiger partial charge >= 0.3 is 0 Å². The number of rotatable bonds is 3. The van der Waals surface area contributed by atoms with Gasteiger partial charge in [-0.3, -0.25) is 4.79 Å². The van der Waals surface area contributed by atoms with Gasteiger partial charge in [0.15, 0.2) is 0 Å². The van der Waals surface area contributed by atoms with Crippen molar-refractivity contribution in [3.05, 3.63) is 71.8 Å². The third-order valence-corrected chi connectivity index (χ3v) is 5.04. The Balaban J connectivity index is 1.51. The maximum Gasteiger partial charge on any atom is 0.247 e. The van der Waals surface area contributed by atoms with Crippen molar-refractivity contribution in [1.29, 1.82) is 0 Å². The van der Waals surface area contributed by atoms with E-state index in [2.05, 4.69) is 47.8 Å². The average molecular weight is 277 g/mol. The maximum atomic E-state index is 12.6. The standard InChI is InChI=1S/C19H19NO/c1-12(13-5-3-2-4-6-13)20-19(21)17-11-15-8-7-14-9-10-16(17)18(14)15/h2-12,14-16,18H,1H3,(H,20,21)/t12-,14-,15+,16+,18-/m0/s1. The van der Waals surface area contributed by atoms with Crippen molar-refractivity contribution >= 4 is 5.91 Å². The highest BCUT2D eigenvalue weighted by Crippen LogP contribution is 2.51. The second-order valence-corrected chi connectivity index (χ2v) is 6.26. The third kappa shape index (κ3) is 1.98. The van der Waals surface area contributed by atoms with Crippen LogP contribution in [0.25, 0.3) is 0 Å². The van der Waals surface area contributed by atoms with E-state index in [1.165, 1.54) is 0 Å². The fraction of sp³-hybridized carbons (Fsp3) is 0.316. The molecule has 5 atom stereocenters. The Morgan fingerprint density at radius 1 is 1.05 bits per heavy atom. The van der Waals surface area contributed by atoms with E-state index in [-0.39, 0.29) is 11.9 Å². The molecule has 0 aliphatic heterocycles. The first-order valence-electron chi connectivity index (χ1n) is 7.68. The van der Waals surface area contributed by atoms with Gasteiger partial charge in [-0.05, 0) is 24.3 Å². The molecular weight excluding hydrogens is 258 g/mol. The first-order valence-corrected chi connectivity index (χ1v) is 7.68. The molecular formula is C19H19NO. The van der Waals surface area contributed by atoms with Crippen molar-refractivity contribution < 1.29 is 4.79 Å². The summed E-state index contributed by atoms with van der Waals surface area (Å²) in [5.74, 6) is 1.94. The number of hydrogen-bond donors (Lipinski definition) is 1. The lowest BCUT2D eigenvalue weighted by molar-refractivity contribution is -0.118. The summed E-state index contributed by atoms with van der Waals surface area (Å²) >= 11 is 0. The SMILES string of the molecule is C[C@H](NC(=O)C1=C[C@H]2C=C[C@H]3C=C[C@H]1[C@@H]32)c1ccccc1. The van der Waals surface area contributed by atoms with E-state index in [0.29, 0.717) is 23.7 Å². The fourth-order valence-electron chi connectivity index (χ4n) is 3.95. The molecule has 2 nitrogen and oxygen atoms in total. The van der Waals surface area contributed by atoms with Crippen LogP contribution in [0.5, 0.6) is 0 Å². The van der Waals surface area contributed by atoms with Gasteiger partial charge in [-0.2, -0.15) is 0 Å². The average Bonchev–Trinajstić information content (AvgIpc) is 3.17. The highest BCUT2D eigenvalue weighted by Gasteiger charge is 2.45. The van der Waals surface area contributed by atoms with E-state index in [1.807, 2.05) is 25.1 Å². The summed E-state index contributed by atoms with van der Waals surface area (Å²) in [6.07, 6.45) is 11.2. The van der Waals surface area contributed by atoms with Crippen LogP contribution in [0.4, 0.5) is 0 Å². The van der Waals surface area contributed by atoms with Gasteiger partial charge in [0.1, 0.15) is 0 Å². The smallest absolute Gasteiger partial charge is 0.247 e. The van der Waals surface area contributed by atoms with E-state index in [9.17, 15) is 4.79 Å². The van der Waals surface area contributed by atoms with Crippen molar-refractivity contribution in [2.45, 2.75) is 13.0 Å². The molecule has 2 heteroatoms. The Morgan fingerprint density at radius 3 is 2.57 bits per heavy atom. The number of amides is 1. The monoisotopic (exact) mass is 277 g/mol. The van der Waals surface area contributed by atoms with Gasteiger partial charge in [-0.25, -0.2) is 0 Å². The Kier molecular flexibility index (Phi) is 2.85. The Morgan fingerprint density at radius 2 is 1.76 bits per heavy atom. The minimum Gasteiger partial charge on any atom is -0.346 e. The first-order chi connectivity index (χ1) is 10.2. The van der Waals surface area contributed by atoms with Gasteiger partial charge in [-0.15, -0.1) is 0 Å². The summed E-state index contributed by atoms with van der Waals surface area (Å²) in [7, 11) is 0. The van der Waals surface area contributed by atoms with Crippen LogP contribution in [-0.2, 0) is 4.79 Å². The molecule has 0 fully saturated rings. The number of allylic oxidation sites excluding steroid dienone is 5. The fourth-order valence-corrected chi connectivity index (χ4v) is 3.95. The highest BCUT2D eigenvalue weighted by atomic mass is 16.1. The topological polar surface area (TPSA) is 29.1 Å². The van der Waals surface area contributed by atoms with E-state index in [1.54, 1.807) is 0 Å². The van der Waals surface area contributed by atoms with Crippen molar-refractivity contribution in [2.24, 2.45) is 23.7 Å². The second-order valence-electron chi connectivity index (χ2n) is 6.26. The van der Waals surface area contributed by atoms with Gasteiger partial charge in [0, 0.05) is 17.4 Å². The Hall–Kier alpha value is -2.09. The lowest BCUT2D eigenvalue weighted by Gasteiger charge is -2.19. The van der Waals surface area contributed by atoms with Crippen LogP contribution in [-0.4, -0.2) is 5.91 Å². The largest absolute Gasteiger partial charge is 0.346 e. The molecule has 0 saturated heterocycles. The summed E-state index contributed by atoms with van der Waals surface area (Å²) < 4.78 is 0. The van der Waals surface area contributed by atoms with Gasteiger partial charge in [0.25, 0.3) is 0 Å². The zero-order chi connectivity index (χ0) is 14.4. The van der Waals surface area contributed by atoms with Crippen molar-refractivity contribution in [1.82, 2.24) is 5.32 Å². The minimum atomic E-state index is 0.0387. The molecule has 21 heavy (non-hydrogen) atoms. The van der Waals surface area contributed by atoms with Crippen molar-refractivity contribution in [2.75, 3.05) is 0 Å². The summed E-state index contributed by atoms with van der Waals surface area (Å²) in [5, 5.41) is 3.15. The molecule has 1 N–H and O–H groups in total. The van der Waals surface area contributed by atoms with Crippen LogP contribution in [0.2, 0.25) is 0 Å². The van der Waals surface area contributed by atoms with Gasteiger partial charge in [0.05, 0.1) is 6.04 Å². The predicted octanol–water partition coefficient (Wildman–Crippen LogP) is 3.41. The molecule has 0 bridgehead atoms. The minimum absolute atomic E-state index is 0.0387. The predicted molar refractivity (Wildman–Crippen MR) is 83.3 cm³/mol. The van der Waals surface area contributed by atoms with Crippen molar-refractivity contribution in [3.8, 4) is 0 Å². The highest BCUT2D eigenvalue weighted by molar-refractivity contribution is 5.95. The molecule has 0 saturated carbocycles. The number of hydrogen-bond acceptors (Lipinski definition) is 1.